The summed E-state index contributed by atoms with van der Waals surface area (Å²) < 4.78 is 5.52. The zero-order chi connectivity index (χ0) is 17.6. The molecule has 24 heavy (non-hydrogen) atoms. The van der Waals surface area contributed by atoms with Gasteiger partial charge in [-0.2, -0.15) is 0 Å². The van der Waals surface area contributed by atoms with Gasteiger partial charge in [0.2, 0.25) is 0 Å². The highest BCUT2D eigenvalue weighted by Crippen LogP contribution is 2.20. The van der Waals surface area contributed by atoms with Crippen LogP contribution >= 0.6 is 0 Å². The lowest BCUT2D eigenvalue weighted by Gasteiger charge is -2.41. The lowest BCUT2D eigenvalue weighted by atomic mass is 10.1. The third-order valence-electron chi connectivity index (χ3n) is 4.06. The number of carbonyl (C=O) groups is 2. The first-order valence-corrected chi connectivity index (χ1v) is 8.58. The average molecular weight is 332 g/mol. The molecule has 1 aliphatic heterocycles. The summed E-state index contributed by atoms with van der Waals surface area (Å²) >= 11 is 0. The van der Waals surface area contributed by atoms with E-state index in [1.165, 1.54) is 5.56 Å². The van der Waals surface area contributed by atoms with Gasteiger partial charge in [0.1, 0.15) is 11.9 Å². The highest BCUT2D eigenvalue weighted by molar-refractivity contribution is 5.68. The van der Waals surface area contributed by atoms with Gasteiger partial charge in [0.05, 0.1) is 0 Å². The topological polar surface area (TPSA) is 49.9 Å². The lowest BCUT2D eigenvalue weighted by Crippen LogP contribution is -2.55. The molecule has 0 radical (unpaired) electrons. The number of carbonyl (C=O) groups excluding carboxylic acids is 2. The van der Waals surface area contributed by atoms with Crippen molar-refractivity contribution in [3.05, 3.63) is 35.9 Å². The molecule has 1 aromatic rings. The van der Waals surface area contributed by atoms with E-state index in [1.54, 1.807) is 4.90 Å². The van der Waals surface area contributed by atoms with Crippen LogP contribution in [0.25, 0.3) is 0 Å². The van der Waals surface area contributed by atoms with Gasteiger partial charge < -0.3 is 14.4 Å². The predicted molar refractivity (Wildman–Crippen MR) is 93.7 cm³/mol. The fourth-order valence-corrected chi connectivity index (χ4v) is 2.97. The molecule has 132 valence electrons. The van der Waals surface area contributed by atoms with Crippen LogP contribution in [0.3, 0.4) is 0 Å². The van der Waals surface area contributed by atoms with E-state index in [9.17, 15) is 9.59 Å². The number of amides is 1. The highest BCUT2D eigenvalue weighted by Gasteiger charge is 2.32. The van der Waals surface area contributed by atoms with Crippen molar-refractivity contribution < 1.29 is 14.3 Å². The molecular formula is C19H28N2O3. The van der Waals surface area contributed by atoms with E-state index in [2.05, 4.69) is 17.0 Å². The maximum atomic E-state index is 12.4. The minimum absolute atomic E-state index is 0.0162. The second-order valence-electron chi connectivity index (χ2n) is 7.29. The first kappa shape index (κ1) is 18.5. The maximum Gasteiger partial charge on any atom is 0.410 e. The number of ether oxygens (including phenoxy) is 1. The van der Waals surface area contributed by atoms with Gasteiger partial charge in [0.25, 0.3) is 0 Å². The normalized spacial score (nSPS) is 19.1. The Kier molecular flexibility index (Phi) is 6.37. The van der Waals surface area contributed by atoms with E-state index in [0.29, 0.717) is 19.4 Å². The largest absolute Gasteiger partial charge is 0.444 e. The molecule has 1 heterocycles. The van der Waals surface area contributed by atoms with E-state index < -0.39 is 5.60 Å². The molecule has 0 spiro atoms. The zero-order valence-electron chi connectivity index (χ0n) is 14.9. The fraction of sp³-hybridized carbons (Fsp3) is 0.579. The molecular weight excluding hydrogens is 304 g/mol. The zero-order valence-corrected chi connectivity index (χ0v) is 14.9. The summed E-state index contributed by atoms with van der Waals surface area (Å²) in [6.45, 7) is 8.69. The summed E-state index contributed by atoms with van der Waals surface area (Å²) in [5.74, 6) is 0. The van der Waals surface area contributed by atoms with Crippen LogP contribution in [0.2, 0.25) is 0 Å². The smallest absolute Gasteiger partial charge is 0.410 e. The standard InChI is InChI=1S/C19H28N2O3/c1-19(2,3)24-18(23)21-12-11-20(15-17(21)10-7-13-22)14-16-8-5-4-6-9-16/h4-6,8-9,13,17H,7,10-12,14-15H2,1-3H3. The Morgan fingerprint density at radius 2 is 1.96 bits per heavy atom. The molecule has 1 atom stereocenters. The summed E-state index contributed by atoms with van der Waals surface area (Å²) in [6.07, 6.45) is 1.78. The van der Waals surface area contributed by atoms with Crippen molar-refractivity contribution in [3.8, 4) is 0 Å². The summed E-state index contributed by atoms with van der Waals surface area (Å²) in [5, 5.41) is 0. The van der Waals surface area contributed by atoms with Gasteiger partial charge in [-0.15, -0.1) is 0 Å². The second-order valence-corrected chi connectivity index (χ2v) is 7.29. The Bertz CT molecular complexity index is 539. The summed E-state index contributed by atoms with van der Waals surface area (Å²) in [4.78, 5) is 27.4. The van der Waals surface area contributed by atoms with E-state index in [1.807, 2.05) is 39.0 Å². The van der Waals surface area contributed by atoms with Crippen LogP contribution in [0, 0.1) is 0 Å². The average Bonchev–Trinajstić information content (AvgIpc) is 2.52. The van der Waals surface area contributed by atoms with Gasteiger partial charge in [-0.05, 0) is 32.8 Å². The second kappa shape index (κ2) is 8.29. The van der Waals surface area contributed by atoms with Crippen molar-refractivity contribution in [1.29, 1.82) is 0 Å². The van der Waals surface area contributed by atoms with Crippen molar-refractivity contribution in [1.82, 2.24) is 9.80 Å². The van der Waals surface area contributed by atoms with Crippen LogP contribution in [-0.4, -0.2) is 53.5 Å². The van der Waals surface area contributed by atoms with Crippen LogP contribution in [0.15, 0.2) is 30.3 Å². The Labute approximate surface area is 144 Å². The third kappa shape index (κ3) is 5.64. The highest BCUT2D eigenvalue weighted by atomic mass is 16.6. The lowest BCUT2D eigenvalue weighted by molar-refractivity contribution is -0.108. The van der Waals surface area contributed by atoms with Crippen LogP contribution in [0.1, 0.15) is 39.2 Å². The van der Waals surface area contributed by atoms with Gasteiger partial charge in [-0.3, -0.25) is 4.90 Å². The molecule has 0 aliphatic carbocycles. The Balaban J connectivity index is 2.01. The van der Waals surface area contributed by atoms with Gasteiger partial charge in [0.15, 0.2) is 0 Å². The van der Waals surface area contributed by atoms with Gasteiger partial charge in [0, 0.05) is 38.6 Å². The molecule has 0 bridgehead atoms. The molecule has 0 aromatic heterocycles. The van der Waals surface area contributed by atoms with Crippen molar-refractivity contribution in [2.45, 2.75) is 51.8 Å². The predicted octanol–water partition coefficient (Wildman–Crippen LogP) is 3.09. The van der Waals surface area contributed by atoms with Crippen LogP contribution in [0.4, 0.5) is 4.79 Å². The Hall–Kier alpha value is -1.88. The number of rotatable bonds is 5. The van der Waals surface area contributed by atoms with Gasteiger partial charge >= 0.3 is 6.09 Å². The molecule has 1 amide bonds. The number of hydrogen-bond donors (Lipinski definition) is 0. The minimum atomic E-state index is -0.506. The first-order valence-electron chi connectivity index (χ1n) is 8.58. The van der Waals surface area contributed by atoms with Gasteiger partial charge in [-0.1, -0.05) is 30.3 Å². The summed E-state index contributed by atoms with van der Waals surface area (Å²) in [5.41, 5.74) is 0.755. The molecule has 0 saturated carbocycles. The number of nitrogens with zero attached hydrogens (tertiary/aromatic N) is 2. The SMILES string of the molecule is CC(C)(C)OC(=O)N1CCN(Cc2ccccc2)CC1CCC=O. The van der Waals surface area contributed by atoms with Crippen molar-refractivity contribution in [2.24, 2.45) is 0 Å². The Morgan fingerprint density at radius 1 is 1.25 bits per heavy atom. The molecule has 1 aliphatic rings. The molecule has 2 rings (SSSR count). The molecule has 5 heteroatoms. The van der Waals surface area contributed by atoms with E-state index in [-0.39, 0.29) is 12.1 Å². The van der Waals surface area contributed by atoms with Crippen LogP contribution in [-0.2, 0) is 16.1 Å². The number of piperazine rings is 1. The first-order chi connectivity index (χ1) is 11.4. The maximum absolute atomic E-state index is 12.4. The fourth-order valence-electron chi connectivity index (χ4n) is 2.97. The third-order valence-corrected chi connectivity index (χ3v) is 4.06. The van der Waals surface area contributed by atoms with Crippen molar-refractivity contribution in [3.63, 3.8) is 0 Å². The molecule has 1 unspecified atom stereocenters. The van der Waals surface area contributed by atoms with Crippen LogP contribution < -0.4 is 0 Å². The van der Waals surface area contributed by atoms with Crippen molar-refractivity contribution in [2.75, 3.05) is 19.6 Å². The summed E-state index contributed by atoms with van der Waals surface area (Å²) in [7, 11) is 0. The molecule has 0 N–H and O–H groups in total. The monoisotopic (exact) mass is 332 g/mol. The number of benzene rings is 1. The molecule has 5 nitrogen and oxygen atoms in total. The van der Waals surface area contributed by atoms with Crippen LogP contribution in [0.5, 0.6) is 0 Å². The molecule has 1 aromatic carbocycles. The van der Waals surface area contributed by atoms with Gasteiger partial charge in [-0.25, -0.2) is 4.79 Å². The van der Waals surface area contributed by atoms with E-state index >= 15 is 0 Å². The van der Waals surface area contributed by atoms with E-state index in [0.717, 1.165) is 25.9 Å². The number of aldehydes is 1. The molecule has 1 fully saturated rings. The minimum Gasteiger partial charge on any atom is -0.444 e. The van der Waals surface area contributed by atoms with Crippen molar-refractivity contribution >= 4 is 12.4 Å². The quantitative estimate of drug-likeness (QED) is 0.778. The molecule has 1 saturated heterocycles. The number of hydrogen-bond acceptors (Lipinski definition) is 4. The van der Waals surface area contributed by atoms with E-state index in [4.69, 9.17) is 4.74 Å². The summed E-state index contributed by atoms with van der Waals surface area (Å²) in [6, 6.07) is 10.3. The Morgan fingerprint density at radius 3 is 2.58 bits per heavy atom.